The second-order valence-electron chi connectivity index (χ2n) is 8.27. The molecular weight excluding hydrogens is 438 g/mol. The van der Waals surface area contributed by atoms with E-state index in [0.717, 1.165) is 10.8 Å². The summed E-state index contributed by atoms with van der Waals surface area (Å²) in [5.41, 5.74) is 0. The number of piperazine rings is 1. The van der Waals surface area contributed by atoms with Crippen molar-refractivity contribution in [1.29, 1.82) is 0 Å². The Balaban J connectivity index is 1.36. The van der Waals surface area contributed by atoms with E-state index in [4.69, 9.17) is 0 Å². The quantitative estimate of drug-likeness (QED) is 0.648. The molecule has 1 atom stereocenters. The van der Waals surface area contributed by atoms with Crippen LogP contribution in [-0.2, 0) is 24.7 Å². The molecule has 31 heavy (non-hydrogen) atoms. The average molecular weight is 466 g/mol. The summed E-state index contributed by atoms with van der Waals surface area (Å²) in [6, 6.07) is 12.6. The number of rotatable bonds is 5. The maximum atomic E-state index is 13.1. The number of carbonyl (C=O) groups is 1. The molecule has 0 aliphatic carbocycles. The molecule has 0 unspecified atom stereocenters. The van der Waals surface area contributed by atoms with Crippen LogP contribution in [-0.4, -0.2) is 94.2 Å². The van der Waals surface area contributed by atoms with Crippen molar-refractivity contribution in [2.75, 3.05) is 51.3 Å². The van der Waals surface area contributed by atoms with Crippen molar-refractivity contribution in [3.63, 3.8) is 0 Å². The van der Waals surface area contributed by atoms with E-state index in [2.05, 4.69) is 0 Å². The minimum atomic E-state index is -3.63. The lowest BCUT2D eigenvalue weighted by molar-refractivity contribution is -0.133. The van der Waals surface area contributed by atoms with E-state index >= 15 is 0 Å². The molecule has 0 radical (unpaired) electrons. The van der Waals surface area contributed by atoms with Crippen LogP contribution in [0.2, 0.25) is 0 Å². The Hall–Kier alpha value is -2.01. The summed E-state index contributed by atoms with van der Waals surface area (Å²) in [6.45, 7) is 1.26. The van der Waals surface area contributed by atoms with E-state index in [0.29, 0.717) is 19.5 Å². The molecule has 2 aliphatic rings. The highest BCUT2D eigenvalue weighted by atomic mass is 32.2. The molecule has 2 aromatic carbocycles. The molecule has 168 valence electrons. The molecule has 4 rings (SSSR count). The lowest BCUT2D eigenvalue weighted by Gasteiger charge is -2.35. The van der Waals surface area contributed by atoms with Crippen molar-refractivity contribution in [1.82, 2.24) is 14.1 Å². The Morgan fingerprint density at radius 3 is 2.39 bits per heavy atom. The highest BCUT2D eigenvalue weighted by Crippen LogP contribution is 2.23. The standard InChI is InChI=1S/C21H27N3O5S2/c1-22(19-8-13-30(26,27)16-19)15-21(25)23-9-11-24(12-10-23)31(28,29)20-7-6-17-4-2-3-5-18(17)14-20/h2-7,14,19H,8-13,15-16H2,1H3/t19-/m0/s1. The van der Waals surface area contributed by atoms with Crippen molar-refractivity contribution in [3.05, 3.63) is 42.5 Å². The molecule has 1 amide bonds. The molecule has 2 aliphatic heterocycles. The predicted octanol–water partition coefficient (Wildman–Crippen LogP) is 0.792. The van der Waals surface area contributed by atoms with E-state index in [1.807, 2.05) is 24.3 Å². The third-order valence-corrected chi connectivity index (χ3v) is 9.81. The molecule has 0 bridgehead atoms. The first kappa shape index (κ1) is 22.2. The molecule has 2 heterocycles. The van der Waals surface area contributed by atoms with E-state index in [-0.39, 0.29) is 48.0 Å². The van der Waals surface area contributed by atoms with Gasteiger partial charge in [-0.15, -0.1) is 0 Å². The summed E-state index contributed by atoms with van der Waals surface area (Å²) in [7, 11) is -4.87. The van der Waals surface area contributed by atoms with E-state index < -0.39 is 19.9 Å². The summed E-state index contributed by atoms with van der Waals surface area (Å²) in [6.07, 6.45) is 0.546. The number of hydrogen-bond donors (Lipinski definition) is 0. The van der Waals surface area contributed by atoms with Crippen molar-refractivity contribution in [2.24, 2.45) is 0 Å². The second-order valence-corrected chi connectivity index (χ2v) is 12.4. The smallest absolute Gasteiger partial charge is 0.243 e. The number of carbonyl (C=O) groups excluding carboxylic acids is 1. The fourth-order valence-corrected chi connectivity index (χ4v) is 7.48. The third-order valence-electron chi connectivity index (χ3n) is 6.17. The van der Waals surface area contributed by atoms with Crippen LogP contribution in [0.25, 0.3) is 10.8 Å². The van der Waals surface area contributed by atoms with Gasteiger partial charge in [-0.25, -0.2) is 16.8 Å². The van der Waals surface area contributed by atoms with Crippen molar-refractivity contribution < 1.29 is 21.6 Å². The van der Waals surface area contributed by atoms with Crippen LogP contribution < -0.4 is 0 Å². The Morgan fingerprint density at radius 2 is 1.74 bits per heavy atom. The minimum Gasteiger partial charge on any atom is -0.339 e. The molecule has 0 N–H and O–H groups in total. The van der Waals surface area contributed by atoms with Crippen LogP contribution in [0.3, 0.4) is 0 Å². The molecule has 2 saturated heterocycles. The van der Waals surface area contributed by atoms with Crippen molar-refractivity contribution >= 4 is 36.5 Å². The van der Waals surface area contributed by atoms with Crippen LogP contribution >= 0.6 is 0 Å². The van der Waals surface area contributed by atoms with Gasteiger partial charge in [-0.05, 0) is 36.4 Å². The van der Waals surface area contributed by atoms with Gasteiger partial charge in [0.1, 0.15) is 0 Å². The number of benzene rings is 2. The lowest BCUT2D eigenvalue weighted by Crippen LogP contribution is -2.53. The first-order valence-corrected chi connectivity index (χ1v) is 13.6. The topological polar surface area (TPSA) is 95.1 Å². The van der Waals surface area contributed by atoms with E-state index in [1.54, 1.807) is 35.0 Å². The van der Waals surface area contributed by atoms with Gasteiger partial charge in [-0.2, -0.15) is 4.31 Å². The van der Waals surface area contributed by atoms with Gasteiger partial charge < -0.3 is 4.90 Å². The Bertz CT molecular complexity index is 1190. The number of likely N-dealkylation sites (N-methyl/N-ethyl adjacent to an activating group) is 1. The summed E-state index contributed by atoms with van der Waals surface area (Å²) >= 11 is 0. The predicted molar refractivity (Wildman–Crippen MR) is 119 cm³/mol. The van der Waals surface area contributed by atoms with Gasteiger partial charge in [-0.3, -0.25) is 9.69 Å². The number of nitrogens with zero attached hydrogens (tertiary/aromatic N) is 3. The molecule has 0 spiro atoms. The van der Waals surface area contributed by atoms with E-state index in [1.165, 1.54) is 4.31 Å². The summed E-state index contributed by atoms with van der Waals surface area (Å²) < 4.78 is 50.9. The first-order chi connectivity index (χ1) is 14.7. The van der Waals surface area contributed by atoms with E-state index in [9.17, 15) is 21.6 Å². The highest BCUT2D eigenvalue weighted by Gasteiger charge is 2.34. The van der Waals surface area contributed by atoms with Crippen molar-refractivity contribution in [2.45, 2.75) is 17.4 Å². The van der Waals surface area contributed by atoms with Gasteiger partial charge in [0.15, 0.2) is 9.84 Å². The Morgan fingerprint density at radius 1 is 1.06 bits per heavy atom. The number of hydrogen-bond acceptors (Lipinski definition) is 6. The van der Waals surface area contributed by atoms with Gasteiger partial charge in [0.25, 0.3) is 0 Å². The normalized spacial score (nSPS) is 22.3. The number of amides is 1. The maximum Gasteiger partial charge on any atom is 0.243 e. The number of fused-ring (bicyclic) bond motifs is 1. The maximum absolute atomic E-state index is 13.1. The second kappa shape index (κ2) is 8.50. The van der Waals surface area contributed by atoms with Crippen molar-refractivity contribution in [3.8, 4) is 0 Å². The Labute approximate surface area is 183 Å². The Kier molecular flexibility index (Phi) is 6.08. The zero-order valence-corrected chi connectivity index (χ0v) is 19.1. The molecule has 2 aromatic rings. The SMILES string of the molecule is CN(CC(=O)N1CCN(S(=O)(=O)c2ccc3ccccc3c2)CC1)[C@H]1CCS(=O)(=O)C1. The van der Waals surface area contributed by atoms with Gasteiger partial charge >= 0.3 is 0 Å². The average Bonchev–Trinajstić information content (AvgIpc) is 3.13. The van der Waals surface area contributed by atoms with Crippen LogP contribution in [0.1, 0.15) is 6.42 Å². The minimum absolute atomic E-state index is 0.0918. The van der Waals surface area contributed by atoms with Gasteiger partial charge in [0, 0.05) is 32.2 Å². The van der Waals surface area contributed by atoms with Gasteiger partial charge in [0.2, 0.25) is 15.9 Å². The fourth-order valence-electron chi connectivity index (χ4n) is 4.22. The highest BCUT2D eigenvalue weighted by molar-refractivity contribution is 7.91. The number of sulfone groups is 1. The van der Waals surface area contributed by atoms with Gasteiger partial charge in [-0.1, -0.05) is 30.3 Å². The summed E-state index contributed by atoms with van der Waals surface area (Å²) in [5, 5.41) is 1.85. The van der Waals surface area contributed by atoms with Gasteiger partial charge in [0.05, 0.1) is 22.9 Å². The molecular formula is C21H27N3O5S2. The summed E-state index contributed by atoms with van der Waals surface area (Å²) in [4.78, 5) is 16.4. The van der Waals surface area contributed by atoms with Crippen LogP contribution in [0.5, 0.6) is 0 Å². The molecule has 10 heteroatoms. The monoisotopic (exact) mass is 465 g/mol. The van der Waals surface area contributed by atoms with Crippen LogP contribution in [0.4, 0.5) is 0 Å². The lowest BCUT2D eigenvalue weighted by atomic mass is 10.1. The molecule has 0 saturated carbocycles. The van der Waals surface area contributed by atoms with Crippen LogP contribution in [0, 0.1) is 0 Å². The zero-order chi connectivity index (χ0) is 22.2. The largest absolute Gasteiger partial charge is 0.339 e. The fraction of sp³-hybridized carbons (Fsp3) is 0.476. The summed E-state index contributed by atoms with van der Waals surface area (Å²) in [5.74, 6) is 0.158. The zero-order valence-electron chi connectivity index (χ0n) is 17.5. The van der Waals surface area contributed by atoms with Crippen LogP contribution in [0.15, 0.2) is 47.4 Å². The molecule has 8 nitrogen and oxygen atoms in total. The molecule has 2 fully saturated rings. The third kappa shape index (κ3) is 4.77. The molecule has 0 aromatic heterocycles. The number of sulfonamides is 1. The first-order valence-electron chi connectivity index (χ1n) is 10.3.